The first-order valence-electron chi connectivity index (χ1n) is 7.13. The minimum atomic E-state index is -4.39. The second kappa shape index (κ2) is 7.43. The summed E-state index contributed by atoms with van der Waals surface area (Å²) in [6.45, 7) is 4.50. The van der Waals surface area contributed by atoms with E-state index in [0.717, 1.165) is 12.8 Å². The molecule has 1 aromatic rings. The smallest absolute Gasteiger partial charge is 0.341 e. The van der Waals surface area contributed by atoms with Gasteiger partial charge in [-0.15, -0.1) is 0 Å². The Balaban J connectivity index is 2.70. The van der Waals surface area contributed by atoms with Crippen LogP contribution in [0.5, 0.6) is 0 Å². The van der Waals surface area contributed by atoms with Crippen molar-refractivity contribution >= 4 is 5.91 Å². The van der Waals surface area contributed by atoms with Crippen LogP contribution in [0.1, 0.15) is 51.1 Å². The number of nitrogens with zero attached hydrogens (tertiary/aromatic N) is 1. The third kappa shape index (κ3) is 5.36. The third-order valence-corrected chi connectivity index (χ3v) is 3.62. The molecule has 1 amide bonds. The molecule has 6 heteroatoms. The fraction of sp³-hybridized carbons (Fsp3) is 0.600. The number of rotatable bonds is 6. The van der Waals surface area contributed by atoms with E-state index in [1.165, 1.54) is 5.56 Å². The van der Waals surface area contributed by atoms with Crippen LogP contribution in [-0.4, -0.2) is 18.6 Å². The third-order valence-electron chi connectivity index (χ3n) is 3.62. The molecule has 1 atom stereocenters. The molecule has 0 unspecified atom stereocenters. The van der Waals surface area contributed by atoms with Crippen molar-refractivity contribution in [1.82, 2.24) is 5.32 Å². The molecule has 0 aliphatic heterocycles. The number of alkyl halides is 3. The van der Waals surface area contributed by atoms with Gasteiger partial charge in [0.2, 0.25) is 6.04 Å². The van der Waals surface area contributed by atoms with Gasteiger partial charge in [-0.2, -0.15) is 17.7 Å². The molecule has 0 fully saturated rings. The summed E-state index contributed by atoms with van der Waals surface area (Å²) in [5.74, 6) is -0.179. The fourth-order valence-corrected chi connectivity index (χ4v) is 2.21. The quantitative estimate of drug-likeness (QED) is 0.805. The summed E-state index contributed by atoms with van der Waals surface area (Å²) in [4.78, 5) is 11.7. The lowest BCUT2D eigenvalue weighted by molar-refractivity contribution is -0.706. The molecule has 0 aliphatic carbocycles. The van der Waals surface area contributed by atoms with E-state index in [-0.39, 0.29) is 0 Å². The standard InChI is InChI=1S/C15H21F3N2O/c1-4-12(5-2)13-6-8-20(9-7-13)11(3)14(21)19-10-15(16,17)18/h6-9,11-12H,4-5,10H2,1-3H3/p+1/t11-/m1/s1. The van der Waals surface area contributed by atoms with Gasteiger partial charge >= 0.3 is 6.18 Å². The lowest BCUT2D eigenvalue weighted by Crippen LogP contribution is -2.48. The first-order chi connectivity index (χ1) is 9.78. The molecule has 118 valence electrons. The van der Waals surface area contributed by atoms with Gasteiger partial charge in [0.25, 0.3) is 5.91 Å². The average Bonchev–Trinajstić information content (AvgIpc) is 2.45. The monoisotopic (exact) mass is 303 g/mol. The zero-order chi connectivity index (χ0) is 16.0. The van der Waals surface area contributed by atoms with E-state index < -0.39 is 24.7 Å². The van der Waals surface area contributed by atoms with E-state index in [2.05, 4.69) is 13.8 Å². The predicted molar refractivity (Wildman–Crippen MR) is 73.7 cm³/mol. The molecule has 0 saturated heterocycles. The Kier molecular flexibility index (Phi) is 6.18. The zero-order valence-electron chi connectivity index (χ0n) is 12.6. The number of amides is 1. The molecule has 0 spiro atoms. The maximum absolute atomic E-state index is 12.1. The number of halogens is 3. The Labute approximate surface area is 123 Å². The lowest BCUT2D eigenvalue weighted by atomic mass is 9.95. The van der Waals surface area contributed by atoms with Crippen LogP contribution in [0.25, 0.3) is 0 Å². The van der Waals surface area contributed by atoms with Gasteiger partial charge in [-0.25, -0.2) is 0 Å². The highest BCUT2D eigenvalue weighted by atomic mass is 19.4. The number of hydrogen-bond donors (Lipinski definition) is 1. The van der Waals surface area contributed by atoms with E-state index in [0.29, 0.717) is 5.92 Å². The summed E-state index contributed by atoms with van der Waals surface area (Å²) >= 11 is 0. The summed E-state index contributed by atoms with van der Waals surface area (Å²) in [6, 6.07) is 3.17. The van der Waals surface area contributed by atoms with Crippen LogP contribution in [0.4, 0.5) is 13.2 Å². The van der Waals surface area contributed by atoms with Crippen molar-refractivity contribution in [2.45, 2.75) is 51.7 Å². The lowest BCUT2D eigenvalue weighted by Gasteiger charge is -2.13. The van der Waals surface area contributed by atoms with Crippen LogP contribution in [0, 0.1) is 0 Å². The van der Waals surface area contributed by atoms with Gasteiger partial charge in [-0.1, -0.05) is 13.8 Å². The van der Waals surface area contributed by atoms with E-state index in [1.807, 2.05) is 17.4 Å². The van der Waals surface area contributed by atoms with Crippen molar-refractivity contribution in [2.75, 3.05) is 6.54 Å². The Hall–Kier alpha value is -1.59. The number of pyridine rings is 1. The van der Waals surface area contributed by atoms with Crippen molar-refractivity contribution in [3.8, 4) is 0 Å². The largest absolute Gasteiger partial charge is 0.405 e. The van der Waals surface area contributed by atoms with Crippen LogP contribution in [0.15, 0.2) is 24.5 Å². The molecule has 21 heavy (non-hydrogen) atoms. The average molecular weight is 303 g/mol. The van der Waals surface area contributed by atoms with Crippen molar-refractivity contribution in [1.29, 1.82) is 0 Å². The van der Waals surface area contributed by atoms with Crippen LogP contribution >= 0.6 is 0 Å². The maximum atomic E-state index is 12.1. The van der Waals surface area contributed by atoms with Crippen molar-refractivity contribution < 1.29 is 22.5 Å². The molecule has 3 nitrogen and oxygen atoms in total. The molecule has 1 N–H and O–H groups in total. The Morgan fingerprint density at radius 2 is 1.76 bits per heavy atom. The number of hydrogen-bond acceptors (Lipinski definition) is 1. The van der Waals surface area contributed by atoms with E-state index in [1.54, 1.807) is 23.9 Å². The SMILES string of the molecule is CCC(CC)c1cc[n+]([C@H](C)C(=O)NCC(F)(F)F)cc1. The Morgan fingerprint density at radius 3 is 2.19 bits per heavy atom. The van der Waals surface area contributed by atoms with Gasteiger partial charge < -0.3 is 5.32 Å². The Bertz CT molecular complexity index is 453. The second-order valence-corrected chi connectivity index (χ2v) is 5.10. The highest BCUT2D eigenvalue weighted by molar-refractivity contribution is 5.78. The van der Waals surface area contributed by atoms with Crippen molar-refractivity contribution in [2.24, 2.45) is 0 Å². The fourth-order valence-electron chi connectivity index (χ4n) is 2.21. The van der Waals surface area contributed by atoms with Gasteiger partial charge in [0, 0.05) is 19.1 Å². The van der Waals surface area contributed by atoms with Gasteiger partial charge in [0.05, 0.1) is 0 Å². The highest BCUT2D eigenvalue weighted by Gasteiger charge is 2.30. The molecule has 0 saturated carbocycles. The van der Waals surface area contributed by atoms with E-state index in [9.17, 15) is 18.0 Å². The molecule has 0 aliphatic rings. The summed E-state index contributed by atoms with van der Waals surface area (Å²) in [5.41, 5.74) is 1.18. The molecule has 1 rings (SSSR count). The van der Waals surface area contributed by atoms with Crippen LogP contribution in [0.2, 0.25) is 0 Å². The summed E-state index contributed by atoms with van der Waals surface area (Å²) in [5, 5.41) is 1.90. The topological polar surface area (TPSA) is 33.0 Å². The number of carbonyl (C=O) groups excluding carboxylic acids is 1. The van der Waals surface area contributed by atoms with Crippen LogP contribution in [0.3, 0.4) is 0 Å². The highest BCUT2D eigenvalue weighted by Crippen LogP contribution is 2.21. The molecule has 1 aromatic heterocycles. The molecule has 1 heterocycles. The van der Waals surface area contributed by atoms with Crippen molar-refractivity contribution in [3.05, 3.63) is 30.1 Å². The second-order valence-electron chi connectivity index (χ2n) is 5.10. The predicted octanol–water partition coefficient (Wildman–Crippen LogP) is 3.12. The zero-order valence-corrected chi connectivity index (χ0v) is 12.6. The van der Waals surface area contributed by atoms with Gasteiger partial charge in [0.15, 0.2) is 12.4 Å². The summed E-state index contributed by atoms with van der Waals surface area (Å²) in [6.07, 6.45) is 1.15. The number of nitrogens with one attached hydrogen (secondary N) is 1. The molecule has 0 aromatic carbocycles. The maximum Gasteiger partial charge on any atom is 0.405 e. The van der Waals surface area contributed by atoms with E-state index >= 15 is 0 Å². The van der Waals surface area contributed by atoms with Gasteiger partial charge in [-0.05, 0) is 24.3 Å². The molecule has 0 radical (unpaired) electrons. The van der Waals surface area contributed by atoms with Gasteiger partial charge in [0.1, 0.15) is 6.54 Å². The first-order valence-corrected chi connectivity index (χ1v) is 7.13. The summed E-state index contributed by atoms with van der Waals surface area (Å²) < 4.78 is 37.8. The van der Waals surface area contributed by atoms with Crippen LogP contribution in [-0.2, 0) is 4.79 Å². The van der Waals surface area contributed by atoms with E-state index in [4.69, 9.17) is 0 Å². The summed E-state index contributed by atoms with van der Waals surface area (Å²) in [7, 11) is 0. The molecule has 0 bridgehead atoms. The molecular formula is C15H22F3N2O+. The minimum absolute atomic E-state index is 0.467. The number of carbonyl (C=O) groups is 1. The first kappa shape index (κ1) is 17.5. The van der Waals surface area contributed by atoms with Crippen molar-refractivity contribution in [3.63, 3.8) is 0 Å². The Morgan fingerprint density at radius 1 is 1.24 bits per heavy atom. The minimum Gasteiger partial charge on any atom is -0.341 e. The van der Waals surface area contributed by atoms with Crippen LogP contribution < -0.4 is 9.88 Å². The number of aromatic nitrogens is 1. The van der Waals surface area contributed by atoms with Gasteiger partial charge in [-0.3, -0.25) is 4.79 Å². The molecular weight excluding hydrogens is 281 g/mol. The normalized spacial score (nSPS) is 13.3.